The molecule has 0 saturated heterocycles. The molecule has 0 aliphatic carbocycles. The molecule has 28 heavy (non-hydrogen) atoms. The van der Waals surface area contributed by atoms with Crippen molar-refractivity contribution in [3.8, 4) is 23.0 Å². The van der Waals surface area contributed by atoms with Crippen LogP contribution in [0.5, 0.6) is 0 Å². The minimum Gasteiger partial charge on any atom is -0.443 e. The molecule has 4 rings (SSSR count). The average Bonchev–Trinajstić information content (AvgIpc) is 3.42. The fraction of sp³-hybridized carbons (Fsp3) is 0.167. The zero-order valence-electron chi connectivity index (χ0n) is 14.9. The van der Waals surface area contributed by atoms with Crippen molar-refractivity contribution in [1.82, 2.24) is 40.2 Å². The van der Waals surface area contributed by atoms with Gasteiger partial charge < -0.3 is 9.73 Å². The van der Waals surface area contributed by atoms with Gasteiger partial charge in [0.25, 0.3) is 5.91 Å². The molecule has 1 atom stereocenters. The highest BCUT2D eigenvalue weighted by Crippen LogP contribution is 2.22. The van der Waals surface area contributed by atoms with Gasteiger partial charge in [0.15, 0.2) is 5.69 Å². The number of carbonyl (C=O) groups excluding carboxylic acids is 1. The van der Waals surface area contributed by atoms with E-state index in [9.17, 15) is 4.79 Å². The number of pyridine rings is 1. The summed E-state index contributed by atoms with van der Waals surface area (Å²) in [6.45, 7) is 2.35. The molecule has 10 nitrogen and oxygen atoms in total. The molecule has 0 radical (unpaired) electrons. The van der Waals surface area contributed by atoms with Crippen molar-refractivity contribution in [3.63, 3.8) is 0 Å². The molecule has 10 heteroatoms. The number of oxazole rings is 1. The van der Waals surface area contributed by atoms with Crippen molar-refractivity contribution < 1.29 is 9.21 Å². The van der Waals surface area contributed by atoms with Gasteiger partial charge in [-0.05, 0) is 19.1 Å². The summed E-state index contributed by atoms with van der Waals surface area (Å²) in [6.07, 6.45) is 9.36. The first kappa shape index (κ1) is 17.5. The number of amides is 1. The Bertz CT molecular complexity index is 1050. The third-order valence-electron chi connectivity index (χ3n) is 3.86. The van der Waals surface area contributed by atoms with Gasteiger partial charge in [-0.1, -0.05) is 11.3 Å². The molecule has 0 aliphatic heterocycles. The van der Waals surface area contributed by atoms with Crippen molar-refractivity contribution in [2.24, 2.45) is 0 Å². The lowest BCUT2D eigenvalue weighted by atomic mass is 10.2. The summed E-state index contributed by atoms with van der Waals surface area (Å²) in [7, 11) is 0. The average molecular weight is 376 g/mol. The summed E-state index contributed by atoms with van der Waals surface area (Å²) in [5, 5.41) is 10.6. The topological polar surface area (TPSA) is 125 Å². The Balaban J connectivity index is 1.64. The van der Waals surface area contributed by atoms with Gasteiger partial charge in [-0.25, -0.2) is 15.0 Å². The lowest BCUT2D eigenvalue weighted by Gasteiger charge is -2.14. The summed E-state index contributed by atoms with van der Waals surface area (Å²) in [4.78, 5) is 30.1. The van der Waals surface area contributed by atoms with E-state index >= 15 is 0 Å². The first-order valence-corrected chi connectivity index (χ1v) is 8.54. The fourth-order valence-corrected chi connectivity index (χ4v) is 2.64. The largest absolute Gasteiger partial charge is 0.443 e. The van der Waals surface area contributed by atoms with Gasteiger partial charge in [0.05, 0.1) is 30.8 Å². The Hall–Kier alpha value is -3.95. The maximum atomic E-state index is 12.8. The third-order valence-corrected chi connectivity index (χ3v) is 3.86. The van der Waals surface area contributed by atoms with Crippen LogP contribution in [0.1, 0.15) is 17.4 Å². The molecule has 4 aromatic rings. The Morgan fingerprint density at radius 2 is 2.11 bits per heavy atom. The zero-order valence-corrected chi connectivity index (χ0v) is 14.9. The Morgan fingerprint density at radius 3 is 2.82 bits per heavy atom. The van der Waals surface area contributed by atoms with E-state index in [0.29, 0.717) is 29.5 Å². The first-order valence-electron chi connectivity index (χ1n) is 8.54. The van der Waals surface area contributed by atoms with Gasteiger partial charge in [-0.2, -0.15) is 0 Å². The van der Waals surface area contributed by atoms with Crippen LogP contribution in [0.15, 0.2) is 59.9 Å². The summed E-state index contributed by atoms with van der Waals surface area (Å²) in [5.41, 5.74) is 1.46. The highest BCUT2D eigenvalue weighted by Gasteiger charge is 2.21. The highest BCUT2D eigenvalue weighted by atomic mass is 16.3. The van der Waals surface area contributed by atoms with Gasteiger partial charge in [0.1, 0.15) is 17.7 Å². The molecular weight excluding hydrogens is 360 g/mol. The fourth-order valence-electron chi connectivity index (χ4n) is 2.64. The number of carbonyl (C=O) groups is 1. The van der Waals surface area contributed by atoms with Crippen molar-refractivity contribution in [3.05, 3.63) is 61.1 Å². The van der Waals surface area contributed by atoms with E-state index < -0.39 is 0 Å². The predicted octanol–water partition coefficient (Wildman–Crippen LogP) is 1.60. The number of aromatic nitrogens is 7. The molecule has 0 fully saturated rings. The quantitative estimate of drug-likeness (QED) is 0.538. The monoisotopic (exact) mass is 376 g/mol. The van der Waals surface area contributed by atoms with Gasteiger partial charge >= 0.3 is 0 Å². The van der Waals surface area contributed by atoms with Crippen molar-refractivity contribution in [2.75, 3.05) is 0 Å². The molecule has 4 aromatic heterocycles. The van der Waals surface area contributed by atoms with E-state index in [0.717, 1.165) is 0 Å². The molecular formula is C18H16N8O2. The van der Waals surface area contributed by atoms with Gasteiger partial charge in [0, 0.05) is 18.4 Å². The number of rotatable bonds is 6. The molecule has 0 bridgehead atoms. The molecule has 0 aromatic carbocycles. The highest BCUT2D eigenvalue weighted by molar-refractivity contribution is 5.98. The second kappa shape index (κ2) is 7.74. The van der Waals surface area contributed by atoms with Gasteiger partial charge in [-0.3, -0.25) is 14.5 Å². The SMILES string of the molecule is C[C@H](Cn1ccnn1)NC(=O)c1ncc(-c2ncco2)nc1-c1ccccn1. The summed E-state index contributed by atoms with van der Waals surface area (Å²) >= 11 is 0. The van der Waals surface area contributed by atoms with Crippen LogP contribution in [0.4, 0.5) is 0 Å². The van der Waals surface area contributed by atoms with Crippen LogP contribution in [0.25, 0.3) is 23.0 Å². The Kier molecular flexibility index (Phi) is 4.83. The summed E-state index contributed by atoms with van der Waals surface area (Å²) in [5.74, 6) is -0.0455. The van der Waals surface area contributed by atoms with Crippen LogP contribution in [-0.2, 0) is 6.54 Å². The second-order valence-corrected chi connectivity index (χ2v) is 6.00. The molecule has 1 amide bonds. The number of hydrogen-bond donors (Lipinski definition) is 1. The number of nitrogens with one attached hydrogen (secondary N) is 1. The number of nitrogens with zero attached hydrogens (tertiary/aromatic N) is 7. The van der Waals surface area contributed by atoms with Crippen LogP contribution in [0.2, 0.25) is 0 Å². The van der Waals surface area contributed by atoms with E-state index in [2.05, 4.69) is 35.6 Å². The van der Waals surface area contributed by atoms with Gasteiger partial charge in [-0.15, -0.1) is 5.10 Å². The second-order valence-electron chi connectivity index (χ2n) is 6.00. The van der Waals surface area contributed by atoms with Gasteiger partial charge in [0.2, 0.25) is 5.89 Å². The van der Waals surface area contributed by atoms with E-state index in [1.54, 1.807) is 35.4 Å². The molecule has 0 unspecified atom stereocenters. The standard InChI is InChI=1S/C18H16N8O2/c1-12(11-26-8-6-22-25-26)23-17(27)16-15(13-4-2-3-5-19-13)24-14(10-21-16)18-20-7-9-28-18/h2-10,12H,11H2,1H3,(H,23,27)/t12-/m1/s1. The maximum Gasteiger partial charge on any atom is 0.272 e. The first-order chi connectivity index (χ1) is 13.7. The molecule has 1 N–H and O–H groups in total. The van der Waals surface area contributed by atoms with E-state index in [4.69, 9.17) is 4.42 Å². The lowest BCUT2D eigenvalue weighted by molar-refractivity contribution is 0.0931. The molecule has 0 aliphatic rings. The van der Waals surface area contributed by atoms with Crippen LogP contribution in [0, 0.1) is 0 Å². The zero-order chi connectivity index (χ0) is 19.3. The minimum atomic E-state index is -0.361. The van der Waals surface area contributed by atoms with Crippen LogP contribution < -0.4 is 5.32 Å². The van der Waals surface area contributed by atoms with Crippen molar-refractivity contribution >= 4 is 5.91 Å². The lowest BCUT2D eigenvalue weighted by Crippen LogP contribution is -2.36. The van der Waals surface area contributed by atoms with E-state index in [-0.39, 0.29) is 17.6 Å². The van der Waals surface area contributed by atoms with Crippen LogP contribution in [0.3, 0.4) is 0 Å². The van der Waals surface area contributed by atoms with E-state index in [1.165, 1.54) is 18.7 Å². The maximum absolute atomic E-state index is 12.8. The number of hydrogen-bond acceptors (Lipinski definition) is 8. The third kappa shape index (κ3) is 3.75. The molecule has 140 valence electrons. The van der Waals surface area contributed by atoms with Crippen LogP contribution in [-0.4, -0.2) is 46.9 Å². The van der Waals surface area contributed by atoms with Crippen LogP contribution >= 0.6 is 0 Å². The Labute approximate surface area is 159 Å². The summed E-state index contributed by atoms with van der Waals surface area (Å²) < 4.78 is 6.92. The molecule has 0 saturated carbocycles. The predicted molar refractivity (Wildman–Crippen MR) is 97.7 cm³/mol. The minimum absolute atomic E-state index is 0.166. The molecule has 4 heterocycles. The Morgan fingerprint density at radius 1 is 1.18 bits per heavy atom. The van der Waals surface area contributed by atoms with Crippen molar-refractivity contribution in [2.45, 2.75) is 19.5 Å². The smallest absolute Gasteiger partial charge is 0.272 e. The normalized spacial score (nSPS) is 11.9. The van der Waals surface area contributed by atoms with E-state index in [1.807, 2.05) is 13.0 Å². The summed E-state index contributed by atoms with van der Waals surface area (Å²) in [6, 6.07) is 5.17. The van der Waals surface area contributed by atoms with Crippen molar-refractivity contribution in [1.29, 1.82) is 0 Å². The molecule has 0 spiro atoms.